The zero-order chi connectivity index (χ0) is 22.3. The molecule has 0 bridgehead atoms. The predicted octanol–water partition coefficient (Wildman–Crippen LogP) is 5.01. The molecule has 1 fully saturated rings. The molecule has 2 aliphatic rings. The van der Waals surface area contributed by atoms with E-state index in [1.165, 1.54) is 0 Å². The molecule has 1 saturated heterocycles. The molecule has 2 aromatic rings. The first-order valence-corrected chi connectivity index (χ1v) is 11.0. The summed E-state index contributed by atoms with van der Waals surface area (Å²) < 4.78 is 6.06. The minimum atomic E-state index is -0.791. The summed E-state index contributed by atoms with van der Waals surface area (Å²) in [7, 11) is 0. The van der Waals surface area contributed by atoms with Crippen LogP contribution in [-0.4, -0.2) is 40.3 Å². The lowest BCUT2D eigenvalue weighted by molar-refractivity contribution is -0.0282. The Labute approximate surface area is 185 Å². The van der Waals surface area contributed by atoms with Gasteiger partial charge in [0.25, 0.3) is 0 Å². The van der Waals surface area contributed by atoms with Crippen LogP contribution < -0.4 is 10.1 Å². The van der Waals surface area contributed by atoms with Crippen LogP contribution in [-0.2, 0) is 0 Å². The summed E-state index contributed by atoms with van der Waals surface area (Å²) >= 11 is 0. The van der Waals surface area contributed by atoms with Crippen LogP contribution in [0.1, 0.15) is 39.3 Å². The molecule has 2 N–H and O–H groups in total. The van der Waals surface area contributed by atoms with Crippen molar-refractivity contribution in [2.24, 2.45) is 0 Å². The van der Waals surface area contributed by atoms with Crippen LogP contribution >= 0.6 is 0 Å². The molecule has 5 heteroatoms. The molecule has 5 nitrogen and oxygen atoms in total. The van der Waals surface area contributed by atoms with Crippen LogP contribution in [0.3, 0.4) is 0 Å². The summed E-state index contributed by atoms with van der Waals surface area (Å²) in [5, 5.41) is 15.0. The van der Waals surface area contributed by atoms with Crippen molar-refractivity contribution in [2.45, 2.75) is 39.2 Å². The number of aliphatic hydroxyl groups is 1. The van der Waals surface area contributed by atoms with Crippen LogP contribution in [0.25, 0.3) is 16.6 Å². The zero-order valence-corrected chi connectivity index (χ0v) is 18.8. The molecule has 2 aliphatic heterocycles. The summed E-state index contributed by atoms with van der Waals surface area (Å²) in [6, 6.07) is 9.90. The third-order valence-electron chi connectivity index (χ3n) is 5.49. The van der Waals surface area contributed by atoms with Crippen LogP contribution in [0.15, 0.2) is 73.1 Å². The maximum Gasteiger partial charge on any atom is 0.145 e. The highest BCUT2D eigenvalue weighted by Gasteiger charge is 2.30. The Morgan fingerprint density at radius 2 is 2.00 bits per heavy atom. The van der Waals surface area contributed by atoms with Crippen molar-refractivity contribution >= 4 is 16.6 Å². The molecule has 164 valence electrons. The van der Waals surface area contributed by atoms with Crippen LogP contribution in [0.5, 0.6) is 5.75 Å². The Hall–Kier alpha value is -2.89. The van der Waals surface area contributed by atoms with E-state index in [0.29, 0.717) is 18.6 Å². The van der Waals surface area contributed by atoms with E-state index in [2.05, 4.69) is 11.9 Å². The number of fused-ring (bicyclic) bond motifs is 1. The number of benzene rings is 1. The minimum Gasteiger partial charge on any atom is -0.488 e. The topological polar surface area (TPSA) is 57.6 Å². The molecule has 0 saturated carbocycles. The van der Waals surface area contributed by atoms with Crippen molar-refractivity contribution < 1.29 is 9.84 Å². The van der Waals surface area contributed by atoms with E-state index < -0.39 is 5.60 Å². The predicted molar refractivity (Wildman–Crippen MR) is 129 cm³/mol. The Morgan fingerprint density at radius 1 is 1.23 bits per heavy atom. The Bertz CT molecular complexity index is 1000. The third kappa shape index (κ3) is 5.24. The maximum atomic E-state index is 10.7. The van der Waals surface area contributed by atoms with Gasteiger partial charge in [-0.2, -0.15) is 0 Å². The first kappa shape index (κ1) is 22.8. The van der Waals surface area contributed by atoms with E-state index in [0.717, 1.165) is 41.1 Å². The van der Waals surface area contributed by atoms with Gasteiger partial charge in [-0.25, -0.2) is 4.98 Å². The van der Waals surface area contributed by atoms with E-state index in [1.807, 2.05) is 86.5 Å². The number of nitrogens with zero attached hydrogens (tertiary/aromatic N) is 2. The standard InChI is InChI=1S/C24H27N3O2.C2H6/c1-3-20-8-4-5-16-27(20)18(2)21-11-10-19-7-6-9-22(23(19)26-21)29-17-24(28)12-14-25-15-13-24;1-2/h3-11,16,25,28H,2,12-15,17H2,1H3;1-2H3/b20-3-;. The third-order valence-corrected chi connectivity index (χ3v) is 5.49. The van der Waals surface area contributed by atoms with E-state index in [1.54, 1.807) is 0 Å². The van der Waals surface area contributed by atoms with Crippen molar-refractivity contribution in [1.82, 2.24) is 15.2 Å². The second-order valence-corrected chi connectivity index (χ2v) is 7.52. The number of hydrogen-bond donors (Lipinski definition) is 2. The highest BCUT2D eigenvalue weighted by Crippen LogP contribution is 2.30. The first-order chi connectivity index (χ1) is 15.1. The number of allylic oxidation sites excluding steroid dienone is 4. The van der Waals surface area contributed by atoms with Gasteiger partial charge in [-0.1, -0.05) is 50.8 Å². The van der Waals surface area contributed by atoms with E-state index >= 15 is 0 Å². The number of pyridine rings is 1. The molecule has 1 aromatic carbocycles. The largest absolute Gasteiger partial charge is 0.488 e. The quantitative estimate of drug-likeness (QED) is 0.713. The molecule has 3 heterocycles. The zero-order valence-electron chi connectivity index (χ0n) is 18.8. The molecule has 4 rings (SSSR count). The Morgan fingerprint density at radius 3 is 2.74 bits per heavy atom. The van der Waals surface area contributed by atoms with Crippen molar-refractivity contribution in [3.8, 4) is 5.75 Å². The van der Waals surface area contributed by atoms with E-state index in [9.17, 15) is 5.11 Å². The van der Waals surface area contributed by atoms with Gasteiger partial charge in [0.15, 0.2) is 0 Å². The fourth-order valence-electron chi connectivity index (χ4n) is 3.71. The molecule has 0 unspecified atom stereocenters. The summed E-state index contributed by atoms with van der Waals surface area (Å²) in [6.45, 7) is 12.2. The molecule has 0 amide bonds. The molecule has 1 aromatic heterocycles. The number of aromatic nitrogens is 1. The van der Waals surface area contributed by atoms with Gasteiger partial charge in [0.2, 0.25) is 0 Å². The van der Waals surface area contributed by atoms with Gasteiger partial charge in [0.1, 0.15) is 23.5 Å². The van der Waals surface area contributed by atoms with Gasteiger partial charge in [-0.05, 0) is 57.1 Å². The van der Waals surface area contributed by atoms with Crippen LogP contribution in [0, 0.1) is 0 Å². The van der Waals surface area contributed by atoms with Gasteiger partial charge in [0, 0.05) is 17.3 Å². The number of nitrogens with one attached hydrogen (secondary N) is 1. The first-order valence-electron chi connectivity index (χ1n) is 11.0. The summed E-state index contributed by atoms with van der Waals surface area (Å²) in [5.41, 5.74) is 2.63. The summed E-state index contributed by atoms with van der Waals surface area (Å²) in [4.78, 5) is 6.88. The normalized spacial score (nSPS) is 18.6. The average molecular weight is 420 g/mol. The average Bonchev–Trinajstić information content (AvgIpc) is 2.83. The van der Waals surface area contributed by atoms with Gasteiger partial charge < -0.3 is 20.1 Å². The highest BCUT2D eigenvalue weighted by atomic mass is 16.5. The summed E-state index contributed by atoms with van der Waals surface area (Å²) in [6.07, 6.45) is 11.4. The SMILES string of the molecule is C=C(c1ccc2cccc(OCC3(O)CCNCC3)c2n1)N1C=CC=C/C1=C/C.CC. The van der Waals surface area contributed by atoms with Crippen molar-refractivity contribution in [2.75, 3.05) is 19.7 Å². The molecule has 0 spiro atoms. The fourth-order valence-corrected chi connectivity index (χ4v) is 3.71. The molecular formula is C26H33N3O2. The van der Waals surface area contributed by atoms with E-state index in [4.69, 9.17) is 9.72 Å². The van der Waals surface area contributed by atoms with Gasteiger partial charge in [0.05, 0.1) is 11.4 Å². The summed E-state index contributed by atoms with van der Waals surface area (Å²) in [5.74, 6) is 0.685. The number of ether oxygens (including phenoxy) is 1. The number of para-hydroxylation sites is 1. The van der Waals surface area contributed by atoms with Gasteiger partial charge in [-0.15, -0.1) is 0 Å². The smallest absolute Gasteiger partial charge is 0.145 e. The monoisotopic (exact) mass is 419 g/mol. The van der Waals surface area contributed by atoms with Crippen molar-refractivity contribution in [3.05, 3.63) is 78.8 Å². The van der Waals surface area contributed by atoms with Gasteiger partial charge >= 0.3 is 0 Å². The second kappa shape index (κ2) is 10.4. The van der Waals surface area contributed by atoms with Crippen molar-refractivity contribution in [3.63, 3.8) is 0 Å². The Kier molecular flexibility index (Phi) is 7.66. The number of piperidine rings is 1. The van der Waals surface area contributed by atoms with Crippen LogP contribution in [0.2, 0.25) is 0 Å². The molecular weight excluding hydrogens is 386 g/mol. The van der Waals surface area contributed by atoms with E-state index in [-0.39, 0.29) is 6.61 Å². The van der Waals surface area contributed by atoms with Crippen molar-refractivity contribution in [1.29, 1.82) is 0 Å². The molecule has 0 atom stereocenters. The lowest BCUT2D eigenvalue weighted by atomic mass is 9.93. The number of hydrogen-bond acceptors (Lipinski definition) is 5. The second-order valence-electron chi connectivity index (χ2n) is 7.52. The Balaban J connectivity index is 0.00000132. The molecule has 0 radical (unpaired) electrons. The van der Waals surface area contributed by atoms with Crippen LogP contribution in [0.4, 0.5) is 0 Å². The maximum absolute atomic E-state index is 10.7. The fraction of sp³-hybridized carbons (Fsp3) is 0.346. The highest BCUT2D eigenvalue weighted by molar-refractivity contribution is 5.86. The lowest BCUT2D eigenvalue weighted by Crippen LogP contribution is -2.46. The number of rotatable bonds is 5. The molecule has 0 aliphatic carbocycles. The minimum absolute atomic E-state index is 0.267. The lowest BCUT2D eigenvalue weighted by Gasteiger charge is -2.32. The van der Waals surface area contributed by atoms with Gasteiger partial charge in [-0.3, -0.25) is 0 Å². The molecule has 31 heavy (non-hydrogen) atoms.